The fourth-order valence-electron chi connectivity index (χ4n) is 2.51. The highest BCUT2D eigenvalue weighted by Gasteiger charge is 2.53. The lowest BCUT2D eigenvalue weighted by molar-refractivity contribution is -0.155. The first-order valence-electron chi connectivity index (χ1n) is 5.16. The fourth-order valence-corrected chi connectivity index (χ4v) is 2.51. The molecule has 0 radical (unpaired) electrons. The highest BCUT2D eigenvalue weighted by Crippen LogP contribution is 2.44. The molecule has 0 aliphatic heterocycles. The van der Waals surface area contributed by atoms with Crippen molar-refractivity contribution in [2.24, 2.45) is 23.7 Å². The first kappa shape index (κ1) is 13.9. The van der Waals surface area contributed by atoms with Gasteiger partial charge in [-0.3, -0.25) is 19.2 Å². The second-order valence-electron chi connectivity index (χ2n) is 4.25. The SMILES string of the molecule is O=C(O)C[C@H]1[C@H](C(=O)O)[C@H](C(=O)O)C[C@H]1C(=O)O. The van der Waals surface area contributed by atoms with E-state index < -0.39 is 54.0 Å². The monoisotopic (exact) mass is 260 g/mol. The molecule has 1 aliphatic carbocycles. The Kier molecular flexibility index (Phi) is 3.89. The molecule has 0 aromatic rings. The smallest absolute Gasteiger partial charge is 0.307 e. The summed E-state index contributed by atoms with van der Waals surface area (Å²) in [6, 6.07) is 0. The number of carboxylic acids is 4. The molecule has 1 fully saturated rings. The van der Waals surface area contributed by atoms with Gasteiger partial charge in [0.25, 0.3) is 0 Å². The summed E-state index contributed by atoms with van der Waals surface area (Å²) >= 11 is 0. The average molecular weight is 260 g/mol. The Labute approximate surface area is 101 Å². The minimum Gasteiger partial charge on any atom is -0.481 e. The molecule has 1 aliphatic rings. The van der Waals surface area contributed by atoms with E-state index in [0.29, 0.717) is 0 Å². The van der Waals surface area contributed by atoms with Crippen LogP contribution in [-0.2, 0) is 19.2 Å². The summed E-state index contributed by atoms with van der Waals surface area (Å²) in [6.45, 7) is 0. The zero-order valence-electron chi connectivity index (χ0n) is 9.15. The summed E-state index contributed by atoms with van der Waals surface area (Å²) in [7, 11) is 0. The number of carbonyl (C=O) groups is 4. The molecule has 1 saturated carbocycles. The van der Waals surface area contributed by atoms with E-state index in [1.807, 2.05) is 0 Å². The Morgan fingerprint density at radius 2 is 1.33 bits per heavy atom. The molecular formula is C10H12O8. The van der Waals surface area contributed by atoms with Crippen molar-refractivity contribution in [2.75, 3.05) is 0 Å². The lowest BCUT2D eigenvalue weighted by Gasteiger charge is -2.18. The first-order chi connectivity index (χ1) is 8.25. The van der Waals surface area contributed by atoms with Crippen molar-refractivity contribution in [1.29, 1.82) is 0 Å². The predicted molar refractivity (Wildman–Crippen MR) is 53.7 cm³/mol. The molecule has 8 nitrogen and oxygen atoms in total. The maximum Gasteiger partial charge on any atom is 0.307 e. The maximum absolute atomic E-state index is 11.0. The molecule has 0 spiro atoms. The van der Waals surface area contributed by atoms with E-state index in [-0.39, 0.29) is 6.42 Å². The van der Waals surface area contributed by atoms with E-state index in [2.05, 4.69) is 0 Å². The number of hydrogen-bond donors (Lipinski definition) is 4. The van der Waals surface area contributed by atoms with Crippen molar-refractivity contribution in [3.8, 4) is 0 Å². The molecule has 0 aromatic heterocycles. The molecule has 0 unspecified atom stereocenters. The van der Waals surface area contributed by atoms with Crippen LogP contribution in [0, 0.1) is 23.7 Å². The van der Waals surface area contributed by atoms with Crippen molar-refractivity contribution in [2.45, 2.75) is 12.8 Å². The van der Waals surface area contributed by atoms with Gasteiger partial charge in [0, 0.05) is 6.42 Å². The molecule has 8 heteroatoms. The Hall–Kier alpha value is -2.12. The third-order valence-corrected chi connectivity index (χ3v) is 3.25. The van der Waals surface area contributed by atoms with Gasteiger partial charge in [-0.2, -0.15) is 0 Å². The van der Waals surface area contributed by atoms with Crippen LogP contribution in [0.4, 0.5) is 0 Å². The Bertz CT molecular complexity index is 401. The quantitative estimate of drug-likeness (QED) is 0.520. The van der Waals surface area contributed by atoms with Gasteiger partial charge in [0.15, 0.2) is 0 Å². The van der Waals surface area contributed by atoms with Crippen LogP contribution in [0.1, 0.15) is 12.8 Å². The third-order valence-electron chi connectivity index (χ3n) is 3.25. The van der Waals surface area contributed by atoms with Crippen LogP contribution in [0.5, 0.6) is 0 Å². The number of aliphatic carboxylic acids is 4. The van der Waals surface area contributed by atoms with Crippen LogP contribution >= 0.6 is 0 Å². The zero-order valence-corrected chi connectivity index (χ0v) is 9.15. The second kappa shape index (κ2) is 5.03. The van der Waals surface area contributed by atoms with Crippen LogP contribution in [0.3, 0.4) is 0 Å². The summed E-state index contributed by atoms with van der Waals surface area (Å²) in [5, 5.41) is 35.4. The standard InChI is InChI=1S/C10H12O8/c11-6(12)2-3-4(8(13)14)1-5(9(15)16)7(3)10(17)18/h3-5,7H,1-2H2,(H,11,12)(H,13,14)(H,15,16)(H,17,18)/t3-,4-,5-,7+/m1/s1. The van der Waals surface area contributed by atoms with Gasteiger partial charge >= 0.3 is 23.9 Å². The topological polar surface area (TPSA) is 149 Å². The van der Waals surface area contributed by atoms with E-state index in [9.17, 15) is 19.2 Å². The van der Waals surface area contributed by atoms with Crippen molar-refractivity contribution in [3.05, 3.63) is 0 Å². The molecule has 0 bridgehead atoms. The lowest BCUT2D eigenvalue weighted by atomic mass is 9.84. The Balaban J connectivity index is 3.10. The highest BCUT2D eigenvalue weighted by molar-refractivity contribution is 5.85. The maximum atomic E-state index is 11.0. The molecule has 0 heterocycles. The summed E-state index contributed by atoms with van der Waals surface area (Å²) in [6.07, 6.45) is -1.03. The zero-order chi connectivity index (χ0) is 14.0. The summed E-state index contributed by atoms with van der Waals surface area (Å²) in [5.74, 6) is -10.9. The summed E-state index contributed by atoms with van der Waals surface area (Å²) in [5.41, 5.74) is 0. The Morgan fingerprint density at radius 1 is 0.833 bits per heavy atom. The second-order valence-corrected chi connectivity index (χ2v) is 4.25. The molecule has 4 atom stereocenters. The highest BCUT2D eigenvalue weighted by atomic mass is 16.4. The first-order valence-corrected chi connectivity index (χ1v) is 5.16. The van der Waals surface area contributed by atoms with E-state index >= 15 is 0 Å². The van der Waals surface area contributed by atoms with Gasteiger partial charge in [-0.15, -0.1) is 0 Å². The van der Waals surface area contributed by atoms with Gasteiger partial charge in [0.2, 0.25) is 0 Å². The van der Waals surface area contributed by atoms with Gasteiger partial charge in [-0.1, -0.05) is 0 Å². The predicted octanol–water partition coefficient (Wildman–Crippen LogP) is -0.417. The molecule has 0 saturated heterocycles. The van der Waals surface area contributed by atoms with Crippen LogP contribution in [-0.4, -0.2) is 44.3 Å². The van der Waals surface area contributed by atoms with E-state index in [1.165, 1.54) is 0 Å². The molecular weight excluding hydrogens is 248 g/mol. The van der Waals surface area contributed by atoms with E-state index in [4.69, 9.17) is 20.4 Å². The van der Waals surface area contributed by atoms with Gasteiger partial charge in [0.05, 0.1) is 17.8 Å². The Morgan fingerprint density at radius 3 is 1.67 bits per heavy atom. The van der Waals surface area contributed by atoms with Crippen molar-refractivity contribution < 1.29 is 39.6 Å². The summed E-state index contributed by atoms with van der Waals surface area (Å²) < 4.78 is 0. The summed E-state index contributed by atoms with van der Waals surface area (Å²) in [4.78, 5) is 43.5. The lowest BCUT2D eigenvalue weighted by Crippen LogP contribution is -2.32. The minimum atomic E-state index is -1.49. The fraction of sp³-hybridized carbons (Fsp3) is 0.600. The largest absolute Gasteiger partial charge is 0.481 e. The van der Waals surface area contributed by atoms with Crippen molar-refractivity contribution >= 4 is 23.9 Å². The van der Waals surface area contributed by atoms with Crippen LogP contribution < -0.4 is 0 Å². The number of hydrogen-bond acceptors (Lipinski definition) is 4. The normalized spacial score (nSPS) is 30.9. The van der Waals surface area contributed by atoms with Crippen LogP contribution in [0.15, 0.2) is 0 Å². The minimum absolute atomic E-state index is 0.362. The number of rotatable bonds is 5. The van der Waals surface area contributed by atoms with E-state index in [0.717, 1.165) is 0 Å². The molecule has 18 heavy (non-hydrogen) atoms. The molecule has 0 aromatic carbocycles. The molecule has 100 valence electrons. The van der Waals surface area contributed by atoms with Gasteiger partial charge < -0.3 is 20.4 Å². The third kappa shape index (κ3) is 2.58. The number of carboxylic acid groups (broad SMARTS) is 4. The van der Waals surface area contributed by atoms with E-state index in [1.54, 1.807) is 0 Å². The molecule has 1 rings (SSSR count). The molecule has 0 amide bonds. The van der Waals surface area contributed by atoms with Gasteiger partial charge in [-0.25, -0.2) is 0 Å². The average Bonchev–Trinajstić information content (AvgIpc) is 2.56. The van der Waals surface area contributed by atoms with Gasteiger partial charge in [-0.05, 0) is 12.3 Å². The van der Waals surface area contributed by atoms with Crippen molar-refractivity contribution in [1.82, 2.24) is 0 Å². The van der Waals surface area contributed by atoms with Gasteiger partial charge in [0.1, 0.15) is 0 Å². The van der Waals surface area contributed by atoms with Crippen LogP contribution in [0.2, 0.25) is 0 Å². The molecule has 4 N–H and O–H groups in total. The van der Waals surface area contributed by atoms with Crippen LogP contribution in [0.25, 0.3) is 0 Å². The van der Waals surface area contributed by atoms with Crippen molar-refractivity contribution in [3.63, 3.8) is 0 Å².